The van der Waals surface area contributed by atoms with Crippen LogP contribution < -0.4 is 0 Å². The maximum Gasteiger partial charge on any atom is 0.165 e. The molecule has 1 unspecified atom stereocenters. The summed E-state index contributed by atoms with van der Waals surface area (Å²) in [7, 11) is 0. The van der Waals surface area contributed by atoms with Gasteiger partial charge >= 0.3 is 0 Å². The van der Waals surface area contributed by atoms with E-state index in [-0.39, 0.29) is 11.2 Å². The maximum absolute atomic E-state index is 12.5. The number of ketones is 1. The molecule has 1 aromatic carbocycles. The van der Waals surface area contributed by atoms with Crippen molar-refractivity contribution in [3.05, 3.63) is 35.0 Å². The molecule has 0 spiro atoms. The van der Waals surface area contributed by atoms with Crippen molar-refractivity contribution in [3.63, 3.8) is 0 Å². The summed E-state index contributed by atoms with van der Waals surface area (Å²) in [4.78, 5) is 15.6. The minimum atomic E-state index is 0.131. The molecule has 0 bridgehead atoms. The summed E-state index contributed by atoms with van der Waals surface area (Å²) in [6.45, 7) is 8.60. The number of H-pyrrole nitrogens is 1. The van der Waals surface area contributed by atoms with Crippen LogP contribution in [0.15, 0.2) is 24.4 Å². The average molecular weight is 278 g/mol. The Balaban J connectivity index is 2.33. The molecule has 0 aliphatic rings. The van der Waals surface area contributed by atoms with Crippen LogP contribution in [0.25, 0.3) is 10.9 Å². The number of Topliss-reactive ketones (excluding diaryl/α,β-unsaturated/α-hetero) is 1. The summed E-state index contributed by atoms with van der Waals surface area (Å²) in [5, 5.41) is 1.47. The molecule has 102 valence electrons. The molecular weight excluding hydrogens is 258 g/mol. The SMILES string of the molecule is CC(CC(=O)c1c[nH]c2cccc(Cl)c12)C(C)(C)C. The number of carbonyl (C=O) groups is 1. The molecule has 1 N–H and O–H groups in total. The first kappa shape index (κ1) is 14.1. The zero-order chi connectivity index (χ0) is 14.2. The largest absolute Gasteiger partial charge is 0.360 e. The lowest BCUT2D eigenvalue weighted by atomic mass is 9.78. The third kappa shape index (κ3) is 2.84. The summed E-state index contributed by atoms with van der Waals surface area (Å²) < 4.78 is 0. The lowest BCUT2D eigenvalue weighted by Crippen LogP contribution is -2.20. The van der Waals surface area contributed by atoms with Crippen molar-refractivity contribution in [2.24, 2.45) is 11.3 Å². The van der Waals surface area contributed by atoms with E-state index in [4.69, 9.17) is 11.6 Å². The fourth-order valence-corrected chi connectivity index (χ4v) is 2.33. The van der Waals surface area contributed by atoms with Crippen molar-refractivity contribution in [2.45, 2.75) is 34.1 Å². The quantitative estimate of drug-likeness (QED) is 0.780. The number of benzene rings is 1. The Bertz CT molecular complexity index is 607. The van der Waals surface area contributed by atoms with Gasteiger partial charge in [-0.1, -0.05) is 45.4 Å². The van der Waals surface area contributed by atoms with Crippen LogP contribution in [0.1, 0.15) is 44.5 Å². The van der Waals surface area contributed by atoms with E-state index in [2.05, 4.69) is 32.7 Å². The third-order valence-corrected chi connectivity index (χ3v) is 4.24. The average Bonchev–Trinajstić information content (AvgIpc) is 2.72. The number of halogens is 1. The number of hydrogen-bond acceptors (Lipinski definition) is 1. The Morgan fingerprint density at radius 1 is 1.37 bits per heavy atom. The van der Waals surface area contributed by atoms with Crippen LogP contribution in [0.4, 0.5) is 0 Å². The van der Waals surface area contributed by atoms with Crippen molar-refractivity contribution in [2.75, 3.05) is 0 Å². The number of aromatic amines is 1. The molecule has 0 fully saturated rings. The minimum Gasteiger partial charge on any atom is -0.360 e. The van der Waals surface area contributed by atoms with Crippen LogP contribution in [0, 0.1) is 11.3 Å². The number of fused-ring (bicyclic) bond motifs is 1. The topological polar surface area (TPSA) is 32.9 Å². The molecule has 1 aromatic heterocycles. The van der Waals surface area contributed by atoms with E-state index in [1.54, 1.807) is 6.20 Å². The second-order valence-corrected chi connectivity index (χ2v) is 6.67. The number of nitrogens with one attached hydrogen (secondary N) is 1. The van der Waals surface area contributed by atoms with E-state index in [1.807, 2.05) is 18.2 Å². The Labute approximate surface area is 119 Å². The molecule has 0 radical (unpaired) electrons. The summed E-state index contributed by atoms with van der Waals surface area (Å²) in [5.41, 5.74) is 1.75. The Morgan fingerprint density at radius 2 is 2.05 bits per heavy atom. The van der Waals surface area contributed by atoms with Gasteiger partial charge in [-0.05, 0) is 23.5 Å². The summed E-state index contributed by atoms with van der Waals surface area (Å²) >= 11 is 6.20. The molecule has 1 atom stereocenters. The van der Waals surface area contributed by atoms with E-state index >= 15 is 0 Å². The van der Waals surface area contributed by atoms with E-state index in [0.717, 1.165) is 10.9 Å². The summed E-state index contributed by atoms with van der Waals surface area (Å²) in [5.74, 6) is 0.481. The van der Waals surface area contributed by atoms with Crippen molar-refractivity contribution in [1.82, 2.24) is 4.98 Å². The van der Waals surface area contributed by atoms with Crippen molar-refractivity contribution in [3.8, 4) is 0 Å². The van der Waals surface area contributed by atoms with Crippen LogP contribution in [-0.4, -0.2) is 10.8 Å². The molecular formula is C16H20ClNO. The molecule has 3 heteroatoms. The number of carbonyl (C=O) groups excluding carboxylic acids is 1. The summed E-state index contributed by atoms with van der Waals surface area (Å²) in [6.07, 6.45) is 2.32. The third-order valence-electron chi connectivity index (χ3n) is 3.93. The molecule has 2 rings (SSSR count). The van der Waals surface area contributed by atoms with Gasteiger partial charge in [-0.3, -0.25) is 4.79 Å². The van der Waals surface area contributed by atoms with Gasteiger partial charge in [-0.2, -0.15) is 0 Å². The highest BCUT2D eigenvalue weighted by atomic mass is 35.5. The van der Waals surface area contributed by atoms with Gasteiger partial charge in [0.2, 0.25) is 0 Å². The van der Waals surface area contributed by atoms with Crippen molar-refractivity contribution >= 4 is 28.3 Å². The van der Waals surface area contributed by atoms with E-state index < -0.39 is 0 Å². The second kappa shape index (κ2) is 5.01. The first-order valence-electron chi connectivity index (χ1n) is 6.59. The van der Waals surface area contributed by atoms with Gasteiger partial charge in [0.1, 0.15) is 0 Å². The predicted octanol–water partition coefficient (Wildman–Crippen LogP) is 5.08. The second-order valence-electron chi connectivity index (χ2n) is 6.26. The normalized spacial score (nSPS) is 13.7. The Hall–Kier alpha value is -1.28. The standard InChI is InChI=1S/C16H20ClNO/c1-10(16(2,3)4)8-14(19)11-9-18-13-7-5-6-12(17)15(11)13/h5-7,9-10,18H,8H2,1-4H3. The number of hydrogen-bond donors (Lipinski definition) is 1. The molecule has 0 aliphatic carbocycles. The fraction of sp³-hybridized carbons (Fsp3) is 0.438. The zero-order valence-corrected chi connectivity index (χ0v) is 12.6. The molecule has 1 heterocycles. The highest BCUT2D eigenvalue weighted by Crippen LogP contribution is 2.32. The van der Waals surface area contributed by atoms with Gasteiger partial charge in [-0.15, -0.1) is 0 Å². The van der Waals surface area contributed by atoms with Crippen LogP contribution in [0.2, 0.25) is 5.02 Å². The molecule has 2 nitrogen and oxygen atoms in total. The maximum atomic E-state index is 12.5. The molecule has 0 saturated heterocycles. The first-order chi connectivity index (χ1) is 8.80. The molecule has 0 saturated carbocycles. The van der Waals surface area contributed by atoms with Crippen LogP contribution in [0.5, 0.6) is 0 Å². The molecule has 19 heavy (non-hydrogen) atoms. The van der Waals surface area contributed by atoms with E-state index in [0.29, 0.717) is 22.9 Å². The highest BCUT2D eigenvalue weighted by Gasteiger charge is 2.24. The Kier molecular flexibility index (Phi) is 3.73. The smallest absolute Gasteiger partial charge is 0.165 e. The van der Waals surface area contributed by atoms with E-state index in [9.17, 15) is 4.79 Å². The van der Waals surface area contributed by atoms with Gasteiger partial charge in [-0.25, -0.2) is 0 Å². The monoisotopic (exact) mass is 277 g/mol. The predicted molar refractivity (Wildman–Crippen MR) is 80.9 cm³/mol. The zero-order valence-electron chi connectivity index (χ0n) is 11.9. The van der Waals surface area contributed by atoms with Crippen LogP contribution >= 0.6 is 11.6 Å². The molecule has 0 aliphatic heterocycles. The number of aromatic nitrogens is 1. The van der Waals surface area contributed by atoms with Gasteiger partial charge in [0.05, 0.1) is 5.02 Å². The van der Waals surface area contributed by atoms with Gasteiger partial charge < -0.3 is 4.98 Å². The van der Waals surface area contributed by atoms with Crippen molar-refractivity contribution < 1.29 is 4.79 Å². The van der Waals surface area contributed by atoms with Gasteiger partial charge in [0, 0.05) is 29.1 Å². The van der Waals surface area contributed by atoms with Gasteiger partial charge in [0.25, 0.3) is 0 Å². The lowest BCUT2D eigenvalue weighted by molar-refractivity contribution is 0.0929. The fourth-order valence-electron chi connectivity index (χ4n) is 2.05. The lowest BCUT2D eigenvalue weighted by Gasteiger charge is -2.26. The number of rotatable bonds is 3. The minimum absolute atomic E-state index is 0.131. The Morgan fingerprint density at radius 3 is 2.68 bits per heavy atom. The van der Waals surface area contributed by atoms with Crippen LogP contribution in [-0.2, 0) is 0 Å². The highest BCUT2D eigenvalue weighted by molar-refractivity contribution is 6.36. The van der Waals surface area contributed by atoms with Crippen molar-refractivity contribution in [1.29, 1.82) is 0 Å². The summed E-state index contributed by atoms with van der Waals surface area (Å²) in [6, 6.07) is 5.64. The van der Waals surface area contributed by atoms with Crippen LogP contribution in [0.3, 0.4) is 0 Å². The first-order valence-corrected chi connectivity index (χ1v) is 6.97. The molecule has 0 amide bonds. The molecule has 2 aromatic rings. The van der Waals surface area contributed by atoms with E-state index in [1.165, 1.54) is 0 Å². The van der Waals surface area contributed by atoms with Gasteiger partial charge in [0.15, 0.2) is 5.78 Å².